The minimum atomic E-state index is -4.50. The van der Waals surface area contributed by atoms with Crippen LogP contribution in [0.3, 0.4) is 0 Å². The highest BCUT2D eigenvalue weighted by Gasteiger charge is 2.30. The second-order valence-corrected chi connectivity index (χ2v) is 8.96. The molecule has 0 unspecified atom stereocenters. The summed E-state index contributed by atoms with van der Waals surface area (Å²) in [5.74, 6) is -0.945. The smallest absolute Gasteiger partial charge is 0.394 e. The Morgan fingerprint density at radius 1 is 1.08 bits per heavy atom. The normalized spacial score (nSPS) is 12.1. The number of hydrogen-bond donors (Lipinski definition) is 2. The Hall–Kier alpha value is -4.05. The second-order valence-electron chi connectivity index (χ2n) is 8.96. The number of alkyl halides is 3. The van der Waals surface area contributed by atoms with Gasteiger partial charge in [-0.05, 0) is 43.7 Å². The van der Waals surface area contributed by atoms with E-state index in [1.807, 2.05) is 13.8 Å². The van der Waals surface area contributed by atoms with Gasteiger partial charge in [-0.2, -0.15) is 13.2 Å². The summed E-state index contributed by atoms with van der Waals surface area (Å²) in [5.41, 5.74) is 0.101. The lowest BCUT2D eigenvalue weighted by Gasteiger charge is -2.25. The van der Waals surface area contributed by atoms with Crippen molar-refractivity contribution in [2.45, 2.75) is 32.0 Å². The fraction of sp³-hybridized carbons (Fsp3) is 0.231. The fourth-order valence-corrected chi connectivity index (χ4v) is 3.85. The highest BCUT2D eigenvalue weighted by molar-refractivity contribution is 6.15. The van der Waals surface area contributed by atoms with E-state index in [1.165, 1.54) is 30.5 Å². The molecule has 2 N–H and O–H groups in total. The summed E-state index contributed by atoms with van der Waals surface area (Å²) in [6, 6.07) is 9.20. The van der Waals surface area contributed by atoms with Gasteiger partial charge in [-0.1, -0.05) is 18.2 Å². The molecule has 4 rings (SSSR count). The number of rotatable bonds is 7. The van der Waals surface area contributed by atoms with Crippen LogP contribution in [-0.2, 0) is 22.9 Å². The van der Waals surface area contributed by atoms with Gasteiger partial charge >= 0.3 is 6.18 Å². The zero-order chi connectivity index (χ0) is 26.1. The molecule has 4 aromatic rings. The van der Waals surface area contributed by atoms with Crippen molar-refractivity contribution < 1.29 is 27.9 Å². The largest absolute Gasteiger partial charge is 0.416 e. The van der Waals surface area contributed by atoms with Crippen LogP contribution in [0.5, 0.6) is 0 Å². The first-order valence-electron chi connectivity index (χ1n) is 11.0. The van der Waals surface area contributed by atoms with Gasteiger partial charge < -0.3 is 15.0 Å². The maximum atomic E-state index is 13.4. The van der Waals surface area contributed by atoms with E-state index >= 15 is 0 Å². The van der Waals surface area contributed by atoms with Crippen LogP contribution in [0.25, 0.3) is 10.9 Å². The third-order valence-electron chi connectivity index (χ3n) is 5.79. The minimum Gasteiger partial charge on any atom is -0.394 e. The average molecular weight is 496 g/mol. The van der Waals surface area contributed by atoms with Crippen LogP contribution in [-0.4, -0.2) is 37.9 Å². The van der Waals surface area contributed by atoms with Gasteiger partial charge in [0.15, 0.2) is 0 Å². The molecule has 0 atom stereocenters. The number of fused-ring (bicyclic) bond motifs is 1. The Bertz CT molecular complexity index is 1440. The highest BCUT2D eigenvalue weighted by Crippen LogP contribution is 2.30. The maximum Gasteiger partial charge on any atom is 0.416 e. The third kappa shape index (κ3) is 5.13. The number of benzene rings is 1. The van der Waals surface area contributed by atoms with Crippen LogP contribution < -0.4 is 5.32 Å². The van der Waals surface area contributed by atoms with Gasteiger partial charge in [0.1, 0.15) is 5.69 Å². The van der Waals surface area contributed by atoms with Gasteiger partial charge in [-0.25, -0.2) is 0 Å². The molecule has 0 aliphatic rings. The predicted molar refractivity (Wildman–Crippen MR) is 128 cm³/mol. The second kappa shape index (κ2) is 9.54. The lowest BCUT2D eigenvalue weighted by molar-refractivity contribution is -0.137. The number of pyridine rings is 2. The number of ketones is 1. The number of nitrogens with one attached hydrogen (secondary N) is 1. The van der Waals surface area contributed by atoms with E-state index in [-0.39, 0.29) is 30.0 Å². The van der Waals surface area contributed by atoms with Crippen LogP contribution in [0.2, 0.25) is 0 Å². The van der Waals surface area contributed by atoms with E-state index in [0.29, 0.717) is 10.9 Å². The third-order valence-corrected chi connectivity index (χ3v) is 5.79. The van der Waals surface area contributed by atoms with Crippen molar-refractivity contribution in [3.63, 3.8) is 0 Å². The summed E-state index contributed by atoms with van der Waals surface area (Å²) >= 11 is 0. The molecule has 0 aliphatic heterocycles. The summed E-state index contributed by atoms with van der Waals surface area (Å²) in [6.07, 6.45) is 1.39. The standard InChI is InChI=1S/C26H23F3N4O3/c1-25(2,15-34)33-14-20(19-13-30-8-7-22(19)33)24(36)21-12-18(6-9-31-21)32-23(35)11-16-4-3-5-17(10-16)26(27,28)29/h3-10,12-14,34H,11,15H2,1-2H3,(H,31,32,35). The van der Waals surface area contributed by atoms with E-state index in [2.05, 4.69) is 15.3 Å². The Kier molecular flexibility index (Phi) is 6.64. The van der Waals surface area contributed by atoms with Gasteiger partial charge in [0.2, 0.25) is 11.7 Å². The average Bonchev–Trinajstić information content (AvgIpc) is 3.24. The molecular weight excluding hydrogens is 473 g/mol. The van der Waals surface area contributed by atoms with E-state index in [1.54, 1.807) is 29.2 Å². The summed E-state index contributed by atoms with van der Waals surface area (Å²) < 4.78 is 40.6. The van der Waals surface area contributed by atoms with Crippen molar-refractivity contribution >= 4 is 28.3 Å². The summed E-state index contributed by atoms with van der Waals surface area (Å²) in [6.45, 7) is 3.51. The van der Waals surface area contributed by atoms with Crippen molar-refractivity contribution in [2.75, 3.05) is 11.9 Å². The van der Waals surface area contributed by atoms with Crippen molar-refractivity contribution in [3.05, 3.63) is 89.6 Å². The number of aromatic nitrogens is 3. The molecule has 0 aliphatic carbocycles. The minimum absolute atomic E-state index is 0.0663. The van der Waals surface area contributed by atoms with Crippen molar-refractivity contribution in [3.8, 4) is 0 Å². The molecule has 0 spiro atoms. The number of carbonyl (C=O) groups excluding carboxylic acids is 2. The van der Waals surface area contributed by atoms with Crippen LogP contribution >= 0.6 is 0 Å². The SMILES string of the molecule is CC(C)(CO)n1cc(C(=O)c2cc(NC(=O)Cc3cccc(C(F)(F)F)c3)ccn2)c2cnccc21. The van der Waals surface area contributed by atoms with Crippen LogP contribution in [0.4, 0.5) is 18.9 Å². The molecule has 0 fully saturated rings. The van der Waals surface area contributed by atoms with Gasteiger partial charge in [0.05, 0.1) is 35.2 Å². The zero-order valence-electron chi connectivity index (χ0n) is 19.5. The quantitative estimate of drug-likeness (QED) is 0.365. The number of hydrogen-bond acceptors (Lipinski definition) is 5. The van der Waals surface area contributed by atoms with Gasteiger partial charge in [-0.15, -0.1) is 0 Å². The number of nitrogens with zero attached hydrogens (tertiary/aromatic N) is 3. The maximum absolute atomic E-state index is 13.4. The zero-order valence-corrected chi connectivity index (χ0v) is 19.5. The van der Waals surface area contributed by atoms with Crippen molar-refractivity contribution in [2.24, 2.45) is 0 Å². The number of carbonyl (C=O) groups is 2. The molecule has 0 bridgehead atoms. The van der Waals surface area contributed by atoms with Crippen LogP contribution in [0.1, 0.15) is 41.0 Å². The molecule has 36 heavy (non-hydrogen) atoms. The topological polar surface area (TPSA) is 97.1 Å². The van der Waals surface area contributed by atoms with Crippen molar-refractivity contribution in [1.82, 2.24) is 14.5 Å². The number of amides is 1. The molecule has 186 valence electrons. The number of halogens is 3. The van der Waals surface area contributed by atoms with E-state index in [9.17, 15) is 27.9 Å². The number of aliphatic hydroxyl groups is 1. The van der Waals surface area contributed by atoms with Gasteiger partial charge in [0, 0.05) is 35.9 Å². The summed E-state index contributed by atoms with van der Waals surface area (Å²) in [5, 5.41) is 13.0. The van der Waals surface area contributed by atoms with E-state index in [0.717, 1.165) is 17.6 Å². The predicted octanol–water partition coefficient (Wildman–Crippen LogP) is 4.59. The molecule has 1 amide bonds. The lowest BCUT2D eigenvalue weighted by Crippen LogP contribution is -2.29. The van der Waals surface area contributed by atoms with E-state index < -0.39 is 29.0 Å². The highest BCUT2D eigenvalue weighted by atomic mass is 19.4. The fourth-order valence-electron chi connectivity index (χ4n) is 3.85. The molecule has 3 aromatic heterocycles. The first-order valence-corrected chi connectivity index (χ1v) is 11.0. The number of anilines is 1. The molecule has 10 heteroatoms. The molecular formula is C26H23F3N4O3. The molecule has 0 radical (unpaired) electrons. The van der Waals surface area contributed by atoms with Gasteiger partial charge in [-0.3, -0.25) is 19.6 Å². The molecule has 0 saturated heterocycles. The first-order chi connectivity index (χ1) is 17.0. The Labute approximate surface area is 204 Å². The Morgan fingerprint density at radius 2 is 1.86 bits per heavy atom. The summed E-state index contributed by atoms with van der Waals surface area (Å²) in [7, 11) is 0. The van der Waals surface area contributed by atoms with Gasteiger partial charge in [0.25, 0.3) is 0 Å². The monoisotopic (exact) mass is 496 g/mol. The molecule has 3 heterocycles. The summed E-state index contributed by atoms with van der Waals surface area (Å²) in [4.78, 5) is 34.1. The Morgan fingerprint density at radius 3 is 2.58 bits per heavy atom. The lowest BCUT2D eigenvalue weighted by atomic mass is 10.1. The number of aliphatic hydroxyl groups excluding tert-OH is 1. The van der Waals surface area contributed by atoms with Crippen LogP contribution in [0.15, 0.2) is 67.3 Å². The van der Waals surface area contributed by atoms with Crippen LogP contribution in [0, 0.1) is 0 Å². The molecule has 1 aromatic carbocycles. The van der Waals surface area contributed by atoms with Crippen molar-refractivity contribution in [1.29, 1.82) is 0 Å². The Balaban J connectivity index is 1.57. The van der Waals surface area contributed by atoms with E-state index in [4.69, 9.17) is 0 Å². The molecule has 7 nitrogen and oxygen atoms in total. The molecule has 0 saturated carbocycles. The first kappa shape index (κ1) is 25.1.